The highest BCUT2D eigenvalue weighted by Gasteiger charge is 2.52. The van der Waals surface area contributed by atoms with Crippen LogP contribution in [0.5, 0.6) is 0 Å². The van der Waals surface area contributed by atoms with Crippen LogP contribution in [0.25, 0.3) is 5.20 Å². The number of hydrogen-bond acceptors (Lipinski definition) is 3. The van der Waals surface area contributed by atoms with E-state index in [1.165, 1.54) is 5.20 Å². The molecule has 0 radical (unpaired) electrons. The first-order chi connectivity index (χ1) is 10.3. The van der Waals surface area contributed by atoms with E-state index in [1.54, 1.807) is 12.1 Å². The monoisotopic (exact) mass is 306 g/mol. The highest BCUT2D eigenvalue weighted by Crippen LogP contribution is 2.54. The van der Waals surface area contributed by atoms with Gasteiger partial charge in [0.05, 0.1) is 25.8 Å². The normalized spacial score (nSPS) is 23.6. The number of benzene rings is 1. The first-order valence-electron chi connectivity index (χ1n) is 7.60. The van der Waals surface area contributed by atoms with Crippen LogP contribution in [0.15, 0.2) is 23.8 Å². The summed E-state index contributed by atoms with van der Waals surface area (Å²) in [5.41, 5.74) is 2.21. The minimum atomic E-state index is -1.76. The molecule has 0 saturated heterocycles. The lowest BCUT2D eigenvalue weighted by atomic mass is 9.71. The van der Waals surface area contributed by atoms with Crippen molar-refractivity contribution in [1.29, 1.82) is 10.5 Å². The summed E-state index contributed by atoms with van der Waals surface area (Å²) in [4.78, 5) is 13.0. The Morgan fingerprint density at radius 3 is 2.50 bits per heavy atom. The van der Waals surface area contributed by atoms with Crippen molar-refractivity contribution in [3.8, 4) is 12.1 Å². The van der Waals surface area contributed by atoms with Crippen LogP contribution in [0.2, 0.25) is 19.6 Å². The van der Waals surface area contributed by atoms with E-state index < -0.39 is 13.5 Å². The quantitative estimate of drug-likeness (QED) is 0.734. The van der Waals surface area contributed by atoms with Gasteiger partial charge in [-0.3, -0.25) is 4.79 Å². The lowest BCUT2D eigenvalue weighted by Gasteiger charge is -2.36. The minimum absolute atomic E-state index is 0.0658. The maximum Gasteiger partial charge on any atom is 0.187 e. The van der Waals surface area contributed by atoms with Gasteiger partial charge < -0.3 is 0 Å². The zero-order valence-corrected chi connectivity index (χ0v) is 14.2. The van der Waals surface area contributed by atoms with Gasteiger partial charge in [-0.25, -0.2) is 0 Å². The first-order valence-corrected chi connectivity index (χ1v) is 11.1. The molecule has 3 rings (SSSR count). The van der Waals surface area contributed by atoms with Crippen LogP contribution < -0.4 is 0 Å². The van der Waals surface area contributed by atoms with E-state index in [-0.39, 0.29) is 5.78 Å². The molecule has 1 saturated carbocycles. The van der Waals surface area contributed by atoms with Crippen molar-refractivity contribution in [3.63, 3.8) is 0 Å². The highest BCUT2D eigenvalue weighted by atomic mass is 28.3. The average molecular weight is 306 g/mol. The van der Waals surface area contributed by atoms with Crippen LogP contribution in [0, 0.1) is 28.1 Å². The summed E-state index contributed by atoms with van der Waals surface area (Å²) in [6, 6.07) is 9.78. The summed E-state index contributed by atoms with van der Waals surface area (Å²) in [5, 5.41) is 20.2. The fourth-order valence-corrected chi connectivity index (χ4v) is 6.18. The van der Waals surface area contributed by atoms with Crippen LogP contribution in [-0.4, -0.2) is 13.9 Å². The highest BCUT2D eigenvalue weighted by molar-refractivity contribution is 6.94. The Labute approximate surface area is 131 Å². The second-order valence-corrected chi connectivity index (χ2v) is 12.2. The van der Waals surface area contributed by atoms with Crippen molar-refractivity contribution in [3.05, 3.63) is 40.5 Å². The lowest BCUT2D eigenvalue weighted by Crippen LogP contribution is -2.38. The standard InChI is InChI=1S/C18H18N2OSi/c1-22(2,3)16-14-9-12(10-19)6-7-13(14)17(21)18(11-20)8-4-5-15(16)18/h6-7,9H,4-5,8H2,1-3H3. The third-order valence-corrected chi connectivity index (χ3v) is 6.86. The van der Waals surface area contributed by atoms with E-state index in [0.29, 0.717) is 17.5 Å². The van der Waals surface area contributed by atoms with Gasteiger partial charge in [-0.05, 0) is 48.6 Å². The van der Waals surface area contributed by atoms with Crippen LogP contribution in [-0.2, 0) is 0 Å². The number of ketones is 1. The SMILES string of the molecule is C[Si](C)(C)C1=C2CCCC2(C#N)C(=O)c2ccc(C#N)cc21. The van der Waals surface area contributed by atoms with Gasteiger partial charge in [0, 0.05) is 5.56 Å². The lowest BCUT2D eigenvalue weighted by molar-refractivity contribution is 0.0893. The van der Waals surface area contributed by atoms with Crippen molar-refractivity contribution in [2.45, 2.75) is 38.9 Å². The zero-order valence-electron chi connectivity index (χ0n) is 13.2. The molecule has 4 heteroatoms. The molecule has 0 aromatic heterocycles. The first kappa shape index (κ1) is 14.8. The van der Waals surface area contributed by atoms with Crippen LogP contribution in [0.4, 0.5) is 0 Å². The molecule has 1 atom stereocenters. The maximum absolute atomic E-state index is 13.0. The molecular weight excluding hydrogens is 288 g/mol. The molecule has 0 amide bonds. The maximum atomic E-state index is 13.0. The molecule has 1 aromatic rings. The van der Waals surface area contributed by atoms with Gasteiger partial charge in [0.2, 0.25) is 0 Å². The molecule has 0 spiro atoms. The Hall–Kier alpha value is -2.17. The fourth-order valence-electron chi connectivity index (χ4n) is 3.93. The van der Waals surface area contributed by atoms with Crippen LogP contribution >= 0.6 is 0 Å². The number of hydrogen-bond donors (Lipinski definition) is 0. The molecule has 2 aliphatic rings. The molecular formula is C18H18N2OSi. The van der Waals surface area contributed by atoms with E-state index in [9.17, 15) is 15.3 Å². The summed E-state index contributed by atoms with van der Waals surface area (Å²) >= 11 is 0. The van der Waals surface area contributed by atoms with Gasteiger partial charge in [-0.1, -0.05) is 24.8 Å². The van der Waals surface area contributed by atoms with Crippen molar-refractivity contribution in [2.75, 3.05) is 0 Å². The van der Waals surface area contributed by atoms with E-state index >= 15 is 0 Å². The van der Waals surface area contributed by atoms with Gasteiger partial charge in [-0.2, -0.15) is 10.5 Å². The molecule has 0 N–H and O–H groups in total. The zero-order chi connectivity index (χ0) is 16.1. The summed E-state index contributed by atoms with van der Waals surface area (Å²) in [5.74, 6) is -0.0658. The smallest absolute Gasteiger partial charge is 0.187 e. The summed E-state index contributed by atoms with van der Waals surface area (Å²) in [6.45, 7) is 6.73. The molecule has 110 valence electrons. The number of carbonyl (C=O) groups is 1. The molecule has 1 unspecified atom stereocenters. The second-order valence-electron chi connectivity index (χ2n) is 7.18. The van der Waals surface area contributed by atoms with E-state index in [4.69, 9.17) is 0 Å². The van der Waals surface area contributed by atoms with Gasteiger partial charge in [0.25, 0.3) is 0 Å². The minimum Gasteiger partial charge on any atom is -0.292 e. The van der Waals surface area contributed by atoms with Crippen molar-refractivity contribution < 1.29 is 4.79 Å². The summed E-state index contributed by atoms with van der Waals surface area (Å²) < 4.78 is 0. The molecule has 1 fully saturated rings. The molecule has 1 aromatic carbocycles. The van der Waals surface area contributed by atoms with E-state index in [0.717, 1.165) is 24.0 Å². The van der Waals surface area contributed by atoms with Gasteiger partial charge in [-0.15, -0.1) is 0 Å². The van der Waals surface area contributed by atoms with Gasteiger partial charge in [0.15, 0.2) is 5.78 Å². The number of fused-ring (bicyclic) bond motifs is 2. The molecule has 22 heavy (non-hydrogen) atoms. The number of Topliss-reactive ketones (excluding diaryl/α,β-unsaturated/α-hetero) is 1. The number of nitrogens with zero attached hydrogens (tertiary/aromatic N) is 2. The van der Waals surface area contributed by atoms with Crippen molar-refractivity contribution in [2.24, 2.45) is 5.41 Å². The molecule has 3 nitrogen and oxygen atoms in total. The number of carbonyl (C=O) groups excluding carboxylic acids is 1. The number of nitriles is 2. The third kappa shape index (κ3) is 1.81. The summed E-state index contributed by atoms with van der Waals surface area (Å²) in [7, 11) is -1.76. The predicted molar refractivity (Wildman–Crippen MR) is 87.7 cm³/mol. The average Bonchev–Trinajstić information content (AvgIpc) is 2.90. The second kappa shape index (κ2) is 4.66. The largest absolute Gasteiger partial charge is 0.292 e. The topological polar surface area (TPSA) is 64.7 Å². The Balaban J connectivity index is 2.42. The molecule has 0 heterocycles. The van der Waals surface area contributed by atoms with Crippen LogP contribution in [0.1, 0.15) is 40.7 Å². The Morgan fingerprint density at radius 1 is 1.18 bits per heavy atom. The van der Waals surface area contributed by atoms with E-state index in [1.807, 2.05) is 6.07 Å². The Morgan fingerprint density at radius 2 is 1.91 bits per heavy atom. The third-order valence-electron chi connectivity index (χ3n) is 4.79. The molecule has 2 aliphatic carbocycles. The number of rotatable bonds is 1. The van der Waals surface area contributed by atoms with Crippen molar-refractivity contribution >= 4 is 19.1 Å². The predicted octanol–water partition coefficient (Wildman–Crippen LogP) is 4.08. The van der Waals surface area contributed by atoms with Crippen molar-refractivity contribution in [1.82, 2.24) is 0 Å². The van der Waals surface area contributed by atoms with Crippen LogP contribution in [0.3, 0.4) is 0 Å². The fraction of sp³-hybridized carbons (Fsp3) is 0.389. The molecule has 0 aliphatic heterocycles. The Bertz CT molecular complexity index is 802. The van der Waals surface area contributed by atoms with Gasteiger partial charge >= 0.3 is 0 Å². The Kier molecular flexibility index (Phi) is 3.13. The number of allylic oxidation sites excluding steroid dienone is 1. The van der Waals surface area contributed by atoms with E-state index in [2.05, 4.69) is 31.8 Å². The summed E-state index contributed by atoms with van der Waals surface area (Å²) in [6.07, 6.45) is 2.35. The molecule has 0 bridgehead atoms. The van der Waals surface area contributed by atoms with Gasteiger partial charge in [0.1, 0.15) is 5.41 Å².